The maximum absolute atomic E-state index is 10.1. The molecule has 0 bridgehead atoms. The Bertz CT molecular complexity index is 486. The molecule has 1 unspecified atom stereocenters. The van der Waals surface area contributed by atoms with E-state index in [9.17, 15) is 5.11 Å². The Balaban J connectivity index is 1.86. The minimum absolute atomic E-state index is 0.253. The van der Waals surface area contributed by atoms with Gasteiger partial charge in [-0.05, 0) is 47.2 Å². The molecule has 0 saturated carbocycles. The van der Waals surface area contributed by atoms with E-state index in [-0.39, 0.29) is 6.10 Å². The number of nitrogens with zero attached hydrogens (tertiary/aromatic N) is 1. The zero-order valence-electron chi connectivity index (χ0n) is 9.80. The lowest BCUT2D eigenvalue weighted by molar-refractivity contribution is 0.166. The van der Waals surface area contributed by atoms with Crippen molar-refractivity contribution in [2.24, 2.45) is 0 Å². The lowest BCUT2D eigenvalue weighted by atomic mass is 10.1. The van der Waals surface area contributed by atoms with Gasteiger partial charge in [-0.1, -0.05) is 6.42 Å². The zero-order chi connectivity index (χ0) is 11.7. The number of aryl methyl sites for hydroxylation is 1. The van der Waals surface area contributed by atoms with E-state index in [4.69, 9.17) is 0 Å². The summed E-state index contributed by atoms with van der Waals surface area (Å²) >= 11 is 1.73. The molecule has 0 fully saturated rings. The van der Waals surface area contributed by atoms with E-state index in [1.165, 1.54) is 17.5 Å². The minimum Gasteiger partial charge on any atom is -0.388 e. The summed E-state index contributed by atoms with van der Waals surface area (Å²) in [5.74, 6) is 0. The Morgan fingerprint density at radius 3 is 3.12 bits per heavy atom. The molecule has 3 heteroatoms. The van der Waals surface area contributed by atoms with Crippen molar-refractivity contribution in [2.75, 3.05) is 0 Å². The molecule has 2 nitrogen and oxygen atoms in total. The second-order valence-corrected chi connectivity index (χ2v) is 5.58. The molecule has 3 rings (SSSR count). The summed E-state index contributed by atoms with van der Waals surface area (Å²) < 4.78 is 2.21. The van der Waals surface area contributed by atoms with Crippen LogP contribution >= 0.6 is 11.3 Å². The van der Waals surface area contributed by atoms with Gasteiger partial charge in [0.15, 0.2) is 0 Å². The Hall–Kier alpha value is -1.06. The van der Waals surface area contributed by atoms with Gasteiger partial charge in [0.1, 0.15) is 0 Å². The monoisotopic (exact) mass is 247 g/mol. The summed E-state index contributed by atoms with van der Waals surface area (Å²) in [5, 5.41) is 14.4. The van der Waals surface area contributed by atoms with E-state index in [1.54, 1.807) is 11.3 Å². The molecule has 1 N–H and O–H groups in total. The lowest BCUT2D eigenvalue weighted by Crippen LogP contribution is -1.97. The Morgan fingerprint density at radius 1 is 1.35 bits per heavy atom. The van der Waals surface area contributed by atoms with Crippen LogP contribution in [0.3, 0.4) is 0 Å². The quantitative estimate of drug-likeness (QED) is 0.809. The Kier molecular flexibility index (Phi) is 3.04. The molecule has 17 heavy (non-hydrogen) atoms. The smallest absolute Gasteiger partial charge is 0.0807 e. The number of aliphatic hydroxyl groups is 1. The first-order valence-corrected chi connectivity index (χ1v) is 7.15. The van der Waals surface area contributed by atoms with Crippen LogP contribution < -0.4 is 0 Å². The third kappa shape index (κ3) is 2.31. The molecule has 2 heterocycles. The van der Waals surface area contributed by atoms with Crippen molar-refractivity contribution in [3.8, 4) is 0 Å². The van der Waals surface area contributed by atoms with Gasteiger partial charge < -0.3 is 9.67 Å². The van der Waals surface area contributed by atoms with Gasteiger partial charge in [0, 0.05) is 24.5 Å². The molecular weight excluding hydrogens is 230 g/mol. The molecule has 0 spiro atoms. The molecule has 90 valence electrons. The van der Waals surface area contributed by atoms with Gasteiger partial charge in [-0.15, -0.1) is 0 Å². The zero-order valence-corrected chi connectivity index (χ0v) is 10.6. The van der Waals surface area contributed by atoms with Gasteiger partial charge in [0.25, 0.3) is 0 Å². The van der Waals surface area contributed by atoms with Crippen molar-refractivity contribution in [3.05, 3.63) is 45.9 Å². The van der Waals surface area contributed by atoms with Gasteiger partial charge in [0.05, 0.1) is 6.10 Å². The van der Waals surface area contributed by atoms with Crippen molar-refractivity contribution >= 4 is 11.3 Å². The van der Waals surface area contributed by atoms with Crippen LogP contribution in [0.2, 0.25) is 0 Å². The summed E-state index contributed by atoms with van der Waals surface area (Å²) in [6.07, 6.45) is 8.45. The average molecular weight is 247 g/mol. The molecule has 1 aliphatic rings. The normalized spacial score (nSPS) is 19.9. The first-order valence-electron chi connectivity index (χ1n) is 6.20. The Morgan fingerprint density at radius 2 is 2.29 bits per heavy atom. The van der Waals surface area contributed by atoms with Gasteiger partial charge >= 0.3 is 0 Å². The predicted octanol–water partition coefficient (Wildman–Crippen LogP) is 3.36. The van der Waals surface area contributed by atoms with Crippen molar-refractivity contribution in [1.82, 2.24) is 4.57 Å². The van der Waals surface area contributed by atoms with Gasteiger partial charge in [-0.2, -0.15) is 11.3 Å². The molecule has 1 aliphatic carbocycles. The number of rotatable bonds is 2. The van der Waals surface area contributed by atoms with E-state index < -0.39 is 0 Å². The minimum atomic E-state index is -0.253. The molecule has 0 radical (unpaired) electrons. The number of hydrogen-bond donors (Lipinski definition) is 1. The highest BCUT2D eigenvalue weighted by molar-refractivity contribution is 7.07. The van der Waals surface area contributed by atoms with Crippen LogP contribution in [-0.4, -0.2) is 9.67 Å². The van der Waals surface area contributed by atoms with E-state index in [2.05, 4.69) is 33.8 Å². The maximum Gasteiger partial charge on any atom is 0.0807 e. The Labute approximate surface area is 106 Å². The highest BCUT2D eigenvalue weighted by Gasteiger charge is 2.18. The van der Waals surface area contributed by atoms with Crippen LogP contribution in [-0.2, 0) is 13.0 Å². The van der Waals surface area contributed by atoms with Gasteiger partial charge in [-0.3, -0.25) is 0 Å². The molecule has 2 aromatic rings. The molecule has 1 atom stereocenters. The van der Waals surface area contributed by atoms with E-state index in [0.29, 0.717) is 0 Å². The summed E-state index contributed by atoms with van der Waals surface area (Å²) in [6, 6.07) is 2.16. The fourth-order valence-corrected chi connectivity index (χ4v) is 3.24. The first-order chi connectivity index (χ1) is 8.33. The second-order valence-electron chi connectivity index (χ2n) is 4.80. The van der Waals surface area contributed by atoms with Crippen molar-refractivity contribution in [2.45, 2.75) is 38.3 Å². The number of hydrogen-bond acceptors (Lipinski definition) is 2. The number of aliphatic hydroxyl groups excluding tert-OH is 1. The third-order valence-electron chi connectivity index (χ3n) is 3.48. The van der Waals surface area contributed by atoms with E-state index >= 15 is 0 Å². The van der Waals surface area contributed by atoms with Crippen LogP contribution in [0, 0.1) is 0 Å². The number of thiophene rings is 1. The number of fused-ring (bicyclic) bond motifs is 1. The molecule has 0 aliphatic heterocycles. The van der Waals surface area contributed by atoms with Crippen LogP contribution in [0.4, 0.5) is 0 Å². The highest BCUT2D eigenvalue weighted by Crippen LogP contribution is 2.29. The highest BCUT2D eigenvalue weighted by atomic mass is 32.1. The number of aromatic nitrogens is 1. The fraction of sp³-hybridized carbons (Fsp3) is 0.429. The second kappa shape index (κ2) is 4.67. The molecule has 0 saturated heterocycles. The third-order valence-corrected chi connectivity index (χ3v) is 4.21. The van der Waals surface area contributed by atoms with Crippen molar-refractivity contribution in [1.29, 1.82) is 0 Å². The van der Waals surface area contributed by atoms with Crippen molar-refractivity contribution < 1.29 is 5.11 Å². The summed E-state index contributed by atoms with van der Waals surface area (Å²) in [5.41, 5.74) is 3.83. The standard InChI is InChI=1S/C14H17NOS/c16-14-4-2-1-3-12-8-15(9-13(12)14)7-11-5-6-17-10-11/h5-6,8-10,14,16H,1-4,7H2. The van der Waals surface area contributed by atoms with Crippen molar-refractivity contribution in [3.63, 3.8) is 0 Å². The summed E-state index contributed by atoms with van der Waals surface area (Å²) in [7, 11) is 0. The van der Waals surface area contributed by atoms with E-state index in [1.807, 2.05) is 0 Å². The topological polar surface area (TPSA) is 25.2 Å². The molecule has 0 aromatic carbocycles. The first kappa shape index (κ1) is 11.1. The van der Waals surface area contributed by atoms with E-state index in [0.717, 1.165) is 31.4 Å². The maximum atomic E-state index is 10.1. The van der Waals surface area contributed by atoms with Gasteiger partial charge in [-0.25, -0.2) is 0 Å². The fourth-order valence-electron chi connectivity index (χ4n) is 2.58. The van der Waals surface area contributed by atoms with Crippen LogP contribution in [0.25, 0.3) is 0 Å². The lowest BCUT2D eigenvalue weighted by Gasteiger charge is -2.06. The van der Waals surface area contributed by atoms with Crippen LogP contribution in [0.15, 0.2) is 29.2 Å². The summed E-state index contributed by atoms with van der Waals surface area (Å²) in [6.45, 7) is 0.920. The molecular formula is C14H17NOS. The van der Waals surface area contributed by atoms with Crippen LogP contribution in [0.5, 0.6) is 0 Å². The van der Waals surface area contributed by atoms with Gasteiger partial charge in [0.2, 0.25) is 0 Å². The predicted molar refractivity (Wildman–Crippen MR) is 70.4 cm³/mol. The largest absolute Gasteiger partial charge is 0.388 e. The molecule has 2 aromatic heterocycles. The summed E-state index contributed by atoms with van der Waals surface area (Å²) in [4.78, 5) is 0. The van der Waals surface area contributed by atoms with Crippen LogP contribution in [0.1, 0.15) is 42.1 Å². The molecule has 0 amide bonds. The SMILES string of the molecule is OC1CCCCc2cn(Cc3ccsc3)cc21. The average Bonchev–Trinajstić information content (AvgIpc) is 2.92.